The SMILES string of the molecule is COCCNC(=O)c1ccccc1NC(=O)CN(c1c(C)cc(C)cc1C)S(C)(=O)=O. The number of carbonyl (C=O) groups excluding carboxylic acids is 2. The van der Waals surface area contributed by atoms with E-state index in [1.165, 1.54) is 7.11 Å². The van der Waals surface area contributed by atoms with Gasteiger partial charge in [0.25, 0.3) is 5.91 Å². The molecule has 31 heavy (non-hydrogen) atoms. The van der Waals surface area contributed by atoms with Gasteiger partial charge in [0.15, 0.2) is 0 Å². The highest BCUT2D eigenvalue weighted by atomic mass is 32.2. The number of hydrogen-bond donors (Lipinski definition) is 2. The number of benzene rings is 2. The molecule has 0 saturated carbocycles. The van der Waals surface area contributed by atoms with Gasteiger partial charge in [-0.25, -0.2) is 8.42 Å². The summed E-state index contributed by atoms with van der Waals surface area (Å²) in [6.45, 7) is 5.82. The highest BCUT2D eigenvalue weighted by molar-refractivity contribution is 7.92. The fourth-order valence-corrected chi connectivity index (χ4v) is 4.37. The van der Waals surface area contributed by atoms with E-state index in [2.05, 4.69) is 10.6 Å². The van der Waals surface area contributed by atoms with Gasteiger partial charge in [-0.1, -0.05) is 29.8 Å². The molecule has 0 bridgehead atoms. The number of ether oxygens (including phenoxy) is 1. The van der Waals surface area contributed by atoms with Crippen LogP contribution in [0.3, 0.4) is 0 Å². The van der Waals surface area contributed by atoms with Crippen molar-refractivity contribution in [2.24, 2.45) is 0 Å². The van der Waals surface area contributed by atoms with Crippen LogP contribution in [0.4, 0.5) is 11.4 Å². The Morgan fingerprint density at radius 3 is 2.26 bits per heavy atom. The first kappa shape index (κ1) is 24.4. The van der Waals surface area contributed by atoms with Gasteiger partial charge in [0.1, 0.15) is 6.54 Å². The Labute approximate surface area is 183 Å². The lowest BCUT2D eigenvalue weighted by molar-refractivity contribution is -0.114. The summed E-state index contributed by atoms with van der Waals surface area (Å²) in [5.74, 6) is -0.917. The molecule has 2 aromatic carbocycles. The summed E-state index contributed by atoms with van der Waals surface area (Å²) in [5, 5.41) is 5.37. The minimum Gasteiger partial charge on any atom is -0.383 e. The molecule has 0 heterocycles. The first-order valence-electron chi connectivity index (χ1n) is 9.76. The summed E-state index contributed by atoms with van der Waals surface area (Å²) < 4.78 is 31.0. The minimum absolute atomic E-state index is 0.278. The van der Waals surface area contributed by atoms with Crippen LogP contribution in [0, 0.1) is 20.8 Å². The second-order valence-electron chi connectivity index (χ2n) is 7.36. The zero-order valence-corrected chi connectivity index (χ0v) is 19.3. The van der Waals surface area contributed by atoms with Crippen LogP contribution in [0.1, 0.15) is 27.0 Å². The van der Waals surface area contributed by atoms with Gasteiger partial charge >= 0.3 is 0 Å². The zero-order chi connectivity index (χ0) is 23.2. The largest absolute Gasteiger partial charge is 0.383 e. The molecule has 2 aromatic rings. The number of sulfonamides is 1. The second kappa shape index (κ2) is 10.4. The fraction of sp³-hybridized carbons (Fsp3) is 0.364. The van der Waals surface area contributed by atoms with Crippen molar-refractivity contribution in [3.8, 4) is 0 Å². The maximum atomic E-state index is 12.8. The van der Waals surface area contributed by atoms with E-state index >= 15 is 0 Å². The van der Waals surface area contributed by atoms with Crippen molar-refractivity contribution in [3.63, 3.8) is 0 Å². The molecule has 2 rings (SSSR count). The van der Waals surface area contributed by atoms with Crippen LogP contribution in [0.25, 0.3) is 0 Å². The predicted molar refractivity (Wildman–Crippen MR) is 122 cm³/mol. The molecule has 0 fully saturated rings. The average molecular weight is 448 g/mol. The molecule has 2 N–H and O–H groups in total. The van der Waals surface area contributed by atoms with Crippen molar-refractivity contribution in [1.82, 2.24) is 5.32 Å². The van der Waals surface area contributed by atoms with Crippen molar-refractivity contribution < 1.29 is 22.7 Å². The maximum absolute atomic E-state index is 12.8. The van der Waals surface area contributed by atoms with E-state index in [0.29, 0.717) is 24.5 Å². The number of amides is 2. The van der Waals surface area contributed by atoms with Crippen molar-refractivity contribution in [1.29, 1.82) is 0 Å². The molecule has 8 nitrogen and oxygen atoms in total. The molecule has 0 atom stereocenters. The van der Waals surface area contributed by atoms with Crippen molar-refractivity contribution in [2.75, 3.05) is 42.7 Å². The van der Waals surface area contributed by atoms with E-state index in [9.17, 15) is 18.0 Å². The molecule has 0 saturated heterocycles. The van der Waals surface area contributed by atoms with Crippen molar-refractivity contribution in [2.45, 2.75) is 20.8 Å². The van der Waals surface area contributed by atoms with Crippen molar-refractivity contribution in [3.05, 3.63) is 58.7 Å². The standard InChI is InChI=1S/C22H29N3O5S/c1-15-12-16(2)21(17(3)13-15)25(31(5,28)29)14-20(26)24-19-9-7-6-8-18(19)22(27)23-10-11-30-4/h6-9,12-13H,10-11,14H2,1-5H3,(H,23,27)(H,24,26). The van der Waals surface area contributed by atoms with E-state index in [-0.39, 0.29) is 11.5 Å². The number of nitrogens with one attached hydrogen (secondary N) is 2. The number of carbonyl (C=O) groups is 2. The number of aryl methyl sites for hydroxylation is 3. The Balaban J connectivity index is 2.27. The average Bonchev–Trinajstić information content (AvgIpc) is 2.66. The van der Waals surface area contributed by atoms with Crippen LogP contribution in [-0.4, -0.2) is 53.3 Å². The number of nitrogens with zero attached hydrogens (tertiary/aromatic N) is 1. The fourth-order valence-electron chi connectivity index (χ4n) is 3.40. The van der Waals surface area contributed by atoms with Crippen molar-refractivity contribution >= 4 is 33.2 Å². The van der Waals surface area contributed by atoms with Gasteiger partial charge in [-0.2, -0.15) is 0 Å². The Kier molecular flexibility index (Phi) is 8.18. The molecule has 2 amide bonds. The molecule has 0 aliphatic carbocycles. The van der Waals surface area contributed by atoms with Crippen LogP contribution in [0.2, 0.25) is 0 Å². The van der Waals surface area contributed by atoms with Gasteiger partial charge < -0.3 is 15.4 Å². The Morgan fingerprint density at radius 1 is 1.06 bits per heavy atom. The number of para-hydroxylation sites is 1. The summed E-state index contributed by atoms with van der Waals surface area (Å²) in [5.41, 5.74) is 3.58. The van der Waals surface area contributed by atoms with E-state index in [1.807, 2.05) is 32.9 Å². The summed E-state index contributed by atoms with van der Waals surface area (Å²) in [7, 11) is -2.19. The van der Waals surface area contributed by atoms with E-state index < -0.39 is 22.5 Å². The smallest absolute Gasteiger partial charge is 0.253 e. The van der Waals surface area contributed by atoms with Crippen LogP contribution in [-0.2, 0) is 19.6 Å². The van der Waals surface area contributed by atoms with Crippen LogP contribution < -0.4 is 14.9 Å². The highest BCUT2D eigenvalue weighted by Gasteiger charge is 2.25. The quantitative estimate of drug-likeness (QED) is 0.575. The molecule has 0 unspecified atom stereocenters. The molecule has 0 radical (unpaired) electrons. The predicted octanol–water partition coefficient (Wildman–Crippen LogP) is 2.39. The summed E-state index contributed by atoms with van der Waals surface area (Å²) in [6.07, 6.45) is 1.07. The topological polar surface area (TPSA) is 105 Å². The zero-order valence-electron chi connectivity index (χ0n) is 18.5. The number of anilines is 2. The lowest BCUT2D eigenvalue weighted by Crippen LogP contribution is -2.38. The first-order chi connectivity index (χ1) is 14.5. The number of methoxy groups -OCH3 is 1. The van der Waals surface area contributed by atoms with E-state index in [1.54, 1.807) is 24.3 Å². The second-order valence-corrected chi connectivity index (χ2v) is 9.27. The van der Waals surface area contributed by atoms with Crippen LogP contribution in [0.5, 0.6) is 0 Å². The molecule has 9 heteroatoms. The third-order valence-corrected chi connectivity index (χ3v) is 5.72. The Hall–Kier alpha value is -2.91. The third-order valence-electron chi connectivity index (χ3n) is 4.61. The van der Waals surface area contributed by atoms with Crippen LogP contribution in [0.15, 0.2) is 36.4 Å². The normalized spacial score (nSPS) is 11.1. The molecule has 0 aliphatic rings. The lowest BCUT2D eigenvalue weighted by atomic mass is 10.1. The van der Waals surface area contributed by atoms with E-state index in [0.717, 1.165) is 27.3 Å². The first-order valence-corrected chi connectivity index (χ1v) is 11.6. The van der Waals surface area contributed by atoms with E-state index in [4.69, 9.17) is 4.74 Å². The van der Waals surface area contributed by atoms with Gasteiger partial charge in [-0.15, -0.1) is 0 Å². The molecule has 0 aliphatic heterocycles. The van der Waals surface area contributed by atoms with Gasteiger partial charge in [-0.05, 0) is 44.0 Å². The number of hydrogen-bond acceptors (Lipinski definition) is 5. The minimum atomic E-state index is -3.73. The molecule has 168 valence electrons. The highest BCUT2D eigenvalue weighted by Crippen LogP contribution is 2.28. The van der Waals surface area contributed by atoms with Gasteiger partial charge in [0.05, 0.1) is 29.8 Å². The Morgan fingerprint density at radius 2 is 1.68 bits per heavy atom. The Bertz CT molecular complexity index is 1040. The summed E-state index contributed by atoms with van der Waals surface area (Å²) in [4.78, 5) is 25.2. The lowest BCUT2D eigenvalue weighted by Gasteiger charge is -2.26. The van der Waals surface area contributed by atoms with Gasteiger partial charge in [-0.3, -0.25) is 13.9 Å². The summed E-state index contributed by atoms with van der Waals surface area (Å²) in [6, 6.07) is 10.3. The maximum Gasteiger partial charge on any atom is 0.253 e. The third kappa shape index (κ3) is 6.53. The molecular weight excluding hydrogens is 418 g/mol. The molecule has 0 aromatic heterocycles. The van der Waals surface area contributed by atoms with Gasteiger partial charge in [0, 0.05) is 13.7 Å². The molecule has 0 spiro atoms. The molecular formula is C22H29N3O5S. The van der Waals surface area contributed by atoms with Crippen LogP contribution >= 0.6 is 0 Å². The number of rotatable bonds is 9. The monoisotopic (exact) mass is 447 g/mol. The van der Waals surface area contributed by atoms with Gasteiger partial charge in [0.2, 0.25) is 15.9 Å². The summed E-state index contributed by atoms with van der Waals surface area (Å²) >= 11 is 0.